The molecule has 0 heterocycles. The molecule has 0 aliphatic rings. The van der Waals surface area contributed by atoms with Crippen LogP contribution in [0.4, 0.5) is 0 Å². The van der Waals surface area contributed by atoms with Crippen LogP contribution < -0.4 is 5.32 Å². The zero-order valence-corrected chi connectivity index (χ0v) is 19.5. The third-order valence-electron chi connectivity index (χ3n) is 5.55. The first-order valence-electron chi connectivity index (χ1n) is 10.3. The van der Waals surface area contributed by atoms with Gasteiger partial charge in [0.2, 0.25) is 11.8 Å². The van der Waals surface area contributed by atoms with E-state index in [1.165, 1.54) is 19.1 Å². The summed E-state index contributed by atoms with van der Waals surface area (Å²) < 4.78 is 4.80. The van der Waals surface area contributed by atoms with Gasteiger partial charge in [0, 0.05) is 12.5 Å². The Morgan fingerprint density at radius 2 is 1.74 bits per heavy atom. The second-order valence-corrected chi connectivity index (χ2v) is 8.53. The molecule has 31 heavy (non-hydrogen) atoms. The van der Waals surface area contributed by atoms with Crippen LogP contribution in [-0.2, 0) is 29.3 Å². The summed E-state index contributed by atoms with van der Waals surface area (Å²) in [6, 6.07) is 8.09. The average molecular weight is 431 g/mol. The van der Waals surface area contributed by atoms with Gasteiger partial charge in [0.05, 0.1) is 25.9 Å². The van der Waals surface area contributed by atoms with Gasteiger partial charge >= 0.3 is 5.97 Å². The minimum Gasteiger partial charge on any atom is -0.467 e. The highest BCUT2D eigenvalue weighted by Crippen LogP contribution is 2.29. The number of carbonyl (C=O) groups is 4. The van der Waals surface area contributed by atoms with Gasteiger partial charge in [-0.05, 0) is 18.5 Å². The molecule has 0 aliphatic heterocycles. The molecule has 2 amide bonds. The van der Waals surface area contributed by atoms with Crippen LogP contribution in [0.5, 0.6) is 0 Å². The van der Waals surface area contributed by atoms with Crippen LogP contribution in [0.25, 0.3) is 0 Å². The molecule has 0 saturated carbocycles. The summed E-state index contributed by atoms with van der Waals surface area (Å²) in [6.07, 6.45) is 0.740. The molecular formula is C22H34BN3O5. The zero-order valence-electron chi connectivity index (χ0n) is 19.5. The van der Waals surface area contributed by atoms with E-state index in [1.54, 1.807) is 11.9 Å². The van der Waals surface area contributed by atoms with Crippen LogP contribution >= 0.6 is 0 Å². The largest absolute Gasteiger partial charge is 0.467 e. The van der Waals surface area contributed by atoms with Crippen LogP contribution in [-0.4, -0.2) is 80.9 Å². The fraction of sp³-hybridized carbons (Fsp3) is 0.545. The van der Waals surface area contributed by atoms with Gasteiger partial charge in [-0.2, -0.15) is 0 Å². The van der Waals surface area contributed by atoms with Crippen molar-refractivity contribution in [1.29, 1.82) is 0 Å². The van der Waals surface area contributed by atoms with Gasteiger partial charge in [-0.3, -0.25) is 9.59 Å². The monoisotopic (exact) mass is 431 g/mol. The number of hydrogen-bond acceptors (Lipinski definition) is 6. The number of methoxy groups -OCH3 is 1. The summed E-state index contributed by atoms with van der Waals surface area (Å²) in [6.45, 7) is 7.21. The molecule has 0 bridgehead atoms. The van der Waals surface area contributed by atoms with Crippen molar-refractivity contribution in [3.05, 3.63) is 35.9 Å². The lowest BCUT2D eigenvalue weighted by Gasteiger charge is -2.39. The van der Waals surface area contributed by atoms with Gasteiger partial charge in [0.15, 0.2) is 0 Å². The van der Waals surface area contributed by atoms with Crippen LogP contribution in [0.1, 0.15) is 33.3 Å². The number of likely N-dealkylation sites (N-methyl/N-ethyl adjacent to an activating group) is 2. The van der Waals surface area contributed by atoms with Crippen molar-refractivity contribution in [2.24, 2.45) is 5.92 Å². The molecule has 1 aromatic rings. The van der Waals surface area contributed by atoms with Crippen molar-refractivity contribution >= 4 is 31.4 Å². The van der Waals surface area contributed by atoms with E-state index in [2.05, 4.69) is 5.32 Å². The highest BCUT2D eigenvalue weighted by molar-refractivity contribution is 6.64. The first kappa shape index (κ1) is 26.4. The lowest BCUT2D eigenvalue weighted by Crippen LogP contribution is -2.58. The van der Waals surface area contributed by atoms with Crippen LogP contribution in [0.3, 0.4) is 0 Å². The molecule has 0 spiro atoms. The standard InChI is InChI=1S/C22H34BN3O5/c1-15(2)18(21(30)31-7)25(5)17(28)13-24-20(29)19(26(6)23-14-27)22(3,4)16-11-9-8-10-12-16/h8-12,14-15,18-19,23H,13H2,1-7H3,(H,24,29)/t18-,19+/m0/s1. The number of nitrogens with one attached hydrogen (secondary N) is 1. The maximum atomic E-state index is 13.2. The molecule has 0 saturated heterocycles. The number of benzene rings is 1. The highest BCUT2D eigenvalue weighted by Gasteiger charge is 2.40. The van der Waals surface area contributed by atoms with Gasteiger partial charge in [0.1, 0.15) is 6.04 Å². The Hall–Kier alpha value is -2.68. The predicted octanol–water partition coefficient (Wildman–Crippen LogP) is 0.579. The lowest BCUT2D eigenvalue weighted by molar-refractivity contribution is -0.153. The molecule has 0 aliphatic carbocycles. The van der Waals surface area contributed by atoms with E-state index in [9.17, 15) is 19.2 Å². The first-order valence-corrected chi connectivity index (χ1v) is 10.3. The van der Waals surface area contributed by atoms with E-state index < -0.39 is 29.4 Å². The third kappa shape index (κ3) is 6.65. The van der Waals surface area contributed by atoms with Gasteiger partial charge in [-0.15, -0.1) is 0 Å². The molecule has 8 nitrogen and oxygen atoms in total. The summed E-state index contributed by atoms with van der Waals surface area (Å²) in [4.78, 5) is 52.0. The maximum Gasteiger partial charge on any atom is 0.328 e. The molecule has 2 atom stereocenters. The van der Waals surface area contributed by atoms with Gasteiger partial charge in [-0.25, -0.2) is 4.79 Å². The number of ether oxygens (including phenoxy) is 1. The number of amides is 2. The molecule has 0 aromatic heterocycles. The second kappa shape index (κ2) is 11.6. The van der Waals surface area contributed by atoms with E-state index in [0.717, 1.165) is 11.7 Å². The Bertz CT molecular complexity index is 770. The minimum atomic E-state index is -0.747. The normalized spacial score (nSPS) is 13.3. The SMILES string of the molecule is COC(=O)[C@H](C(C)C)N(C)C(=O)CNC(=O)[C@@H](N(C)BC=O)C(C)(C)c1ccccc1. The van der Waals surface area contributed by atoms with Gasteiger partial charge in [-0.1, -0.05) is 58.0 Å². The average Bonchev–Trinajstić information content (AvgIpc) is 2.72. The quantitative estimate of drug-likeness (QED) is 0.313. The van der Waals surface area contributed by atoms with Crippen molar-refractivity contribution in [1.82, 2.24) is 15.0 Å². The Balaban J connectivity index is 3.03. The van der Waals surface area contributed by atoms with Crippen molar-refractivity contribution in [3.63, 3.8) is 0 Å². The van der Waals surface area contributed by atoms with Gasteiger partial charge in [0.25, 0.3) is 7.41 Å². The molecule has 0 fully saturated rings. The van der Waals surface area contributed by atoms with E-state index in [-0.39, 0.29) is 25.8 Å². The number of esters is 1. The third-order valence-corrected chi connectivity index (χ3v) is 5.55. The summed E-state index contributed by atoms with van der Waals surface area (Å²) in [5.74, 6) is -1.45. The summed E-state index contributed by atoms with van der Waals surface area (Å²) in [5, 5.41) is 2.69. The molecule has 0 radical (unpaired) electrons. The van der Waals surface area contributed by atoms with Crippen LogP contribution in [0, 0.1) is 5.92 Å². The Morgan fingerprint density at radius 3 is 2.23 bits per heavy atom. The van der Waals surface area contributed by atoms with Gasteiger partial charge < -0.3 is 24.6 Å². The number of nitrogens with zero attached hydrogens (tertiary/aromatic N) is 2. The Labute approximate surface area is 185 Å². The maximum absolute atomic E-state index is 13.2. The molecule has 1 aromatic carbocycles. The topological polar surface area (TPSA) is 96.0 Å². The Kier molecular flexibility index (Phi) is 9.90. The fourth-order valence-corrected chi connectivity index (χ4v) is 3.86. The van der Waals surface area contributed by atoms with Crippen molar-refractivity contribution in [3.8, 4) is 0 Å². The Morgan fingerprint density at radius 1 is 1.16 bits per heavy atom. The predicted molar refractivity (Wildman–Crippen MR) is 121 cm³/mol. The summed E-state index contributed by atoms with van der Waals surface area (Å²) >= 11 is 0. The van der Waals surface area contributed by atoms with E-state index in [0.29, 0.717) is 0 Å². The van der Waals surface area contributed by atoms with Crippen LogP contribution in [0.15, 0.2) is 30.3 Å². The van der Waals surface area contributed by atoms with Crippen molar-refractivity contribution in [2.75, 3.05) is 27.7 Å². The van der Waals surface area contributed by atoms with Crippen molar-refractivity contribution in [2.45, 2.75) is 45.2 Å². The van der Waals surface area contributed by atoms with Crippen molar-refractivity contribution < 1.29 is 23.9 Å². The molecular weight excluding hydrogens is 397 g/mol. The number of hydrogen-bond donors (Lipinski definition) is 1. The number of carbonyl (C=O) groups excluding carboxylic acids is 4. The minimum absolute atomic E-state index is 0.0694. The molecule has 0 unspecified atom stereocenters. The second-order valence-electron chi connectivity index (χ2n) is 8.53. The molecule has 1 N–H and O–H groups in total. The summed E-state index contributed by atoms with van der Waals surface area (Å²) in [5.41, 5.74) is 0.298. The molecule has 1 rings (SSSR count). The van der Waals surface area contributed by atoms with E-state index in [1.807, 2.05) is 58.0 Å². The molecule has 170 valence electrons. The number of rotatable bonds is 11. The zero-order chi connectivity index (χ0) is 23.8. The van der Waals surface area contributed by atoms with Crippen LogP contribution in [0.2, 0.25) is 0 Å². The first-order chi connectivity index (χ1) is 14.5. The summed E-state index contributed by atoms with van der Waals surface area (Å²) in [7, 11) is 4.56. The van der Waals surface area contributed by atoms with E-state index in [4.69, 9.17) is 4.74 Å². The smallest absolute Gasteiger partial charge is 0.328 e. The molecule has 9 heteroatoms. The van der Waals surface area contributed by atoms with E-state index >= 15 is 0 Å². The lowest BCUT2D eigenvalue weighted by atomic mass is 9.73. The highest BCUT2D eigenvalue weighted by atomic mass is 16.5. The fourth-order valence-electron chi connectivity index (χ4n) is 3.86.